The number of hydrogen-bond donors (Lipinski definition) is 2. The Morgan fingerprint density at radius 3 is 2.41 bits per heavy atom. The molecule has 2 aromatic carbocycles. The Labute approximate surface area is 249 Å². The number of anilines is 2. The van der Waals surface area contributed by atoms with Gasteiger partial charge < -0.3 is 24.6 Å². The van der Waals surface area contributed by atoms with Gasteiger partial charge in [-0.1, -0.05) is 17.7 Å². The Morgan fingerprint density at radius 1 is 1.16 bits per heavy atom. The Bertz CT molecular complexity index is 1550. The molecule has 4 rings (SSSR count). The van der Waals surface area contributed by atoms with Gasteiger partial charge in [-0.25, -0.2) is 18.6 Å². The molecule has 0 spiro atoms. The Kier molecular flexibility index (Phi) is 9.24. The van der Waals surface area contributed by atoms with E-state index in [4.69, 9.17) is 16.3 Å². The molecular weight excluding hydrogens is 632 g/mol. The van der Waals surface area contributed by atoms with Crippen LogP contribution in [-0.2, 0) is 18.4 Å². The second-order valence-electron chi connectivity index (χ2n) is 10.2. The van der Waals surface area contributed by atoms with Crippen molar-refractivity contribution in [3.63, 3.8) is 0 Å². The fraction of sp³-hybridized carbons (Fsp3) is 0.444. The number of carboxylic acid groups (broad SMARTS) is 1. The van der Waals surface area contributed by atoms with Crippen molar-refractivity contribution in [1.29, 1.82) is 0 Å². The van der Waals surface area contributed by atoms with Crippen LogP contribution in [-0.4, -0.2) is 58.5 Å². The molecule has 1 saturated carbocycles. The first-order valence-electron chi connectivity index (χ1n) is 13.1. The van der Waals surface area contributed by atoms with E-state index in [-0.39, 0.29) is 64.9 Å². The molecule has 1 aliphatic carbocycles. The van der Waals surface area contributed by atoms with Crippen molar-refractivity contribution < 1.29 is 54.6 Å². The molecule has 0 radical (unpaired) electrons. The number of hydrogen-bond acceptors (Lipinski definition) is 5. The molecule has 0 atom stereocenters. The van der Waals surface area contributed by atoms with E-state index in [2.05, 4.69) is 10.3 Å². The number of alkyl halides is 8. The average molecular weight is 657 g/mol. The predicted molar refractivity (Wildman–Crippen MR) is 142 cm³/mol. The van der Waals surface area contributed by atoms with E-state index in [9.17, 15) is 49.8 Å². The zero-order valence-electron chi connectivity index (χ0n) is 22.8. The third-order valence-electron chi connectivity index (χ3n) is 7.12. The first kappa shape index (κ1) is 33.1. The number of imidazole rings is 1. The highest BCUT2D eigenvalue weighted by molar-refractivity contribution is 6.33. The lowest BCUT2D eigenvalue weighted by Crippen LogP contribution is -2.40. The highest BCUT2D eigenvalue weighted by Crippen LogP contribution is 2.57. The highest BCUT2D eigenvalue weighted by Gasteiger charge is 2.68. The minimum absolute atomic E-state index is 0.0124. The molecule has 0 bridgehead atoms. The quantitative estimate of drug-likeness (QED) is 0.204. The summed E-state index contributed by atoms with van der Waals surface area (Å²) in [6.45, 7) is -1.75. The van der Waals surface area contributed by atoms with Crippen LogP contribution in [0.4, 0.5) is 46.8 Å². The van der Waals surface area contributed by atoms with Crippen molar-refractivity contribution in [1.82, 2.24) is 14.9 Å². The normalized spacial score (nSPS) is 14.6. The number of aromatic nitrogens is 2. The highest BCUT2D eigenvalue weighted by atomic mass is 35.5. The number of rotatable bonds is 12. The number of amides is 1. The lowest BCUT2D eigenvalue weighted by molar-refractivity contribution is -0.192. The molecule has 1 amide bonds. The smallest absolute Gasteiger partial charge is 0.403 e. The Hall–Kier alpha value is -3.82. The van der Waals surface area contributed by atoms with E-state index < -0.39 is 61.1 Å². The molecule has 17 heteroatoms. The van der Waals surface area contributed by atoms with Gasteiger partial charge in [0, 0.05) is 32.6 Å². The van der Waals surface area contributed by atoms with Crippen LogP contribution < -0.4 is 15.0 Å². The topological polar surface area (TPSA) is 96.7 Å². The fourth-order valence-corrected chi connectivity index (χ4v) is 4.86. The average Bonchev–Trinajstić information content (AvgIpc) is 3.69. The van der Waals surface area contributed by atoms with Gasteiger partial charge in [-0.15, -0.1) is 0 Å². The zero-order valence-corrected chi connectivity index (χ0v) is 23.6. The van der Waals surface area contributed by atoms with Crippen molar-refractivity contribution in [2.24, 2.45) is 12.5 Å². The second kappa shape index (κ2) is 12.3. The molecule has 44 heavy (non-hydrogen) atoms. The number of carboxylic acids is 1. The number of fused-ring (bicyclic) bond motifs is 1. The molecule has 0 unspecified atom stereocenters. The number of halogens is 9. The van der Waals surface area contributed by atoms with Gasteiger partial charge in [0.25, 0.3) is 6.43 Å². The lowest BCUT2D eigenvalue weighted by atomic mass is 10.1. The number of carbonyl (C=O) groups is 2. The maximum Gasteiger partial charge on any atom is 0.403 e. The molecule has 2 N–H and O–H groups in total. The first-order chi connectivity index (χ1) is 20.4. The predicted octanol–water partition coefficient (Wildman–Crippen LogP) is 7.01. The van der Waals surface area contributed by atoms with E-state index in [1.807, 2.05) is 0 Å². The summed E-state index contributed by atoms with van der Waals surface area (Å²) >= 11 is 6.42. The van der Waals surface area contributed by atoms with E-state index in [1.54, 1.807) is 0 Å². The minimum atomic E-state index is -4.72. The van der Waals surface area contributed by atoms with Crippen molar-refractivity contribution in [3.05, 3.63) is 46.5 Å². The van der Waals surface area contributed by atoms with Crippen LogP contribution in [0.2, 0.25) is 5.02 Å². The monoisotopic (exact) mass is 656 g/mol. The van der Waals surface area contributed by atoms with Crippen LogP contribution in [0.5, 0.6) is 5.75 Å². The maximum absolute atomic E-state index is 13.3. The van der Waals surface area contributed by atoms with Gasteiger partial charge in [0.2, 0.25) is 11.9 Å². The van der Waals surface area contributed by atoms with Gasteiger partial charge in [-0.2, -0.15) is 26.3 Å². The van der Waals surface area contributed by atoms with Crippen molar-refractivity contribution in [2.45, 2.75) is 51.0 Å². The maximum atomic E-state index is 13.3. The van der Waals surface area contributed by atoms with Gasteiger partial charge in [0.05, 0.1) is 21.7 Å². The molecule has 1 fully saturated rings. The number of benzene rings is 2. The van der Waals surface area contributed by atoms with Gasteiger partial charge in [0.15, 0.2) is 0 Å². The number of ether oxygens (including phenoxy) is 1. The number of nitrogens with one attached hydrogen (secondary N) is 1. The largest absolute Gasteiger partial charge is 0.487 e. The summed E-state index contributed by atoms with van der Waals surface area (Å²) in [6, 6.07) is 6.38. The van der Waals surface area contributed by atoms with Crippen LogP contribution in [0.1, 0.15) is 41.6 Å². The minimum Gasteiger partial charge on any atom is -0.487 e. The van der Waals surface area contributed by atoms with Gasteiger partial charge in [-0.3, -0.25) is 4.79 Å². The molecular formula is C27H25ClF8N4O4. The van der Waals surface area contributed by atoms with Crippen molar-refractivity contribution in [2.75, 3.05) is 18.1 Å². The fourth-order valence-electron chi connectivity index (χ4n) is 4.64. The molecule has 1 aliphatic rings. The standard InChI is InChI=1S/C27H25ClF8N4O4/c1-39-19-11-20(44-13-21(29)30)15(22(41)42)10-17(19)38-24(39)40(8-2-5-26(31,32)33)18-9-14(3-4-16(18)28)12-37-23(43)25(6-7-25)27(34,35)36/h3-4,9-11,21H,2,5-8,12-13H2,1H3,(H,37,43)(H,41,42). The van der Waals surface area contributed by atoms with E-state index in [0.717, 1.165) is 12.1 Å². The number of aryl methyl sites for hydroxylation is 1. The summed E-state index contributed by atoms with van der Waals surface area (Å²) < 4.78 is 111. The third kappa shape index (κ3) is 7.11. The molecule has 3 aromatic rings. The summed E-state index contributed by atoms with van der Waals surface area (Å²) in [4.78, 5) is 29.8. The van der Waals surface area contributed by atoms with E-state index >= 15 is 0 Å². The van der Waals surface area contributed by atoms with Crippen LogP contribution >= 0.6 is 11.6 Å². The summed E-state index contributed by atoms with van der Waals surface area (Å²) in [5.41, 5.74) is -2.31. The second-order valence-corrected chi connectivity index (χ2v) is 10.6. The zero-order chi connectivity index (χ0) is 32.6. The third-order valence-corrected chi connectivity index (χ3v) is 7.44. The SMILES string of the molecule is Cn1c(N(CCCC(F)(F)F)c2cc(CNC(=O)C3(C(F)(F)F)CC3)ccc2Cl)nc2cc(C(=O)O)c(OCC(F)F)cc21. The van der Waals surface area contributed by atoms with Gasteiger partial charge >= 0.3 is 18.3 Å². The van der Waals surface area contributed by atoms with Crippen molar-refractivity contribution >= 4 is 46.1 Å². The number of carbonyl (C=O) groups excluding carboxylic acids is 1. The van der Waals surface area contributed by atoms with E-state index in [0.29, 0.717) is 0 Å². The Balaban J connectivity index is 1.72. The van der Waals surface area contributed by atoms with Crippen LogP contribution in [0.15, 0.2) is 30.3 Å². The first-order valence-corrected chi connectivity index (χ1v) is 13.4. The van der Waals surface area contributed by atoms with Gasteiger partial charge in [0.1, 0.15) is 23.3 Å². The lowest BCUT2D eigenvalue weighted by Gasteiger charge is -2.26. The molecule has 0 saturated heterocycles. The Morgan fingerprint density at radius 2 is 1.84 bits per heavy atom. The summed E-state index contributed by atoms with van der Waals surface area (Å²) in [5, 5.41) is 11.9. The number of nitrogens with zero attached hydrogens (tertiary/aromatic N) is 3. The van der Waals surface area contributed by atoms with E-state index in [1.165, 1.54) is 34.7 Å². The van der Waals surface area contributed by atoms with Crippen LogP contribution in [0.25, 0.3) is 11.0 Å². The molecule has 240 valence electrons. The number of aromatic carboxylic acids is 1. The summed E-state index contributed by atoms with van der Waals surface area (Å²) in [6.07, 6.45) is -14.4. The summed E-state index contributed by atoms with van der Waals surface area (Å²) in [7, 11) is 1.45. The van der Waals surface area contributed by atoms with Gasteiger partial charge in [-0.05, 0) is 43.0 Å². The van der Waals surface area contributed by atoms with Crippen molar-refractivity contribution in [3.8, 4) is 5.75 Å². The molecule has 0 aliphatic heterocycles. The van der Waals surface area contributed by atoms with Crippen LogP contribution in [0, 0.1) is 5.41 Å². The molecule has 1 heterocycles. The molecule has 1 aromatic heterocycles. The summed E-state index contributed by atoms with van der Waals surface area (Å²) in [5.74, 6) is -3.09. The molecule has 8 nitrogen and oxygen atoms in total. The van der Waals surface area contributed by atoms with Crippen LogP contribution in [0.3, 0.4) is 0 Å².